The highest BCUT2D eigenvalue weighted by atomic mass is 31.2. The summed E-state index contributed by atoms with van der Waals surface area (Å²) in [6.45, 7) is 5.50. The average molecular weight is 475 g/mol. The third-order valence-corrected chi connectivity index (χ3v) is 6.29. The minimum absolute atomic E-state index is 0.584. The van der Waals surface area contributed by atoms with Gasteiger partial charge in [0.25, 0.3) is 0 Å². The lowest BCUT2D eigenvalue weighted by molar-refractivity contribution is 0.197. The summed E-state index contributed by atoms with van der Waals surface area (Å²) >= 11 is 0. The number of unbranched alkanes of at least 4 members (excludes halogenated alkanes) is 11. The molecule has 0 radical (unpaired) electrons. The summed E-state index contributed by atoms with van der Waals surface area (Å²) in [5, 5.41) is 0. The third-order valence-electron chi connectivity index (χ3n) is 5.49. The maximum atomic E-state index is 9.38. The van der Waals surface area contributed by atoms with E-state index >= 15 is 0 Å². The number of benzene rings is 2. The molecule has 0 aliphatic rings. The van der Waals surface area contributed by atoms with Crippen LogP contribution in [0.4, 0.5) is 0 Å². The summed E-state index contributed by atoms with van der Waals surface area (Å²) in [6.07, 6.45) is 17.0. The number of hydrogen-bond donors (Lipinski definition) is 1. The summed E-state index contributed by atoms with van der Waals surface area (Å²) in [4.78, 5) is 9.38. The van der Waals surface area contributed by atoms with Gasteiger partial charge < -0.3 is 13.9 Å². The van der Waals surface area contributed by atoms with Gasteiger partial charge in [0.05, 0.1) is 13.2 Å². The molecule has 0 saturated carbocycles. The molecule has 1 unspecified atom stereocenters. The molecule has 0 fully saturated rings. The molecule has 4 heteroatoms. The molecule has 0 amide bonds. The molecule has 33 heavy (non-hydrogen) atoms. The summed E-state index contributed by atoms with van der Waals surface area (Å²) in [5.41, 5.74) is 2.55. The van der Waals surface area contributed by atoms with Gasteiger partial charge in [-0.15, -0.1) is 0 Å². The van der Waals surface area contributed by atoms with Crippen LogP contribution in [0, 0.1) is 0 Å². The first kappa shape index (κ1) is 29.8. The Morgan fingerprint density at radius 3 is 1.33 bits per heavy atom. The standard InChI is InChI=1S/C17H37O3P.C12H10/c1-3-5-6-7-8-9-10-11-12-13-14-15-17-20-21(18)19-16-4-2;1-3-7-11(8-4-1)12-9-5-2-6-10-12/h18H,3-17H2,1-2H3;1-10H. The Morgan fingerprint density at radius 2 is 0.909 bits per heavy atom. The van der Waals surface area contributed by atoms with Gasteiger partial charge in [-0.1, -0.05) is 145 Å². The summed E-state index contributed by atoms with van der Waals surface area (Å²) in [7, 11) is -1.63. The molecule has 186 valence electrons. The molecule has 2 aromatic carbocycles. The van der Waals surface area contributed by atoms with Gasteiger partial charge in [0.1, 0.15) is 0 Å². The first-order valence-electron chi connectivity index (χ1n) is 13.1. The summed E-state index contributed by atoms with van der Waals surface area (Å²) < 4.78 is 10.3. The van der Waals surface area contributed by atoms with Crippen molar-refractivity contribution in [3.8, 4) is 11.1 Å². The van der Waals surface area contributed by atoms with Crippen molar-refractivity contribution < 1.29 is 13.9 Å². The highest BCUT2D eigenvalue weighted by Crippen LogP contribution is 2.32. The zero-order valence-corrected chi connectivity index (χ0v) is 22.0. The molecule has 0 saturated heterocycles. The summed E-state index contributed by atoms with van der Waals surface area (Å²) in [5.74, 6) is 0. The molecule has 2 rings (SSSR count). The Kier molecular flexibility index (Phi) is 20.3. The van der Waals surface area contributed by atoms with Crippen LogP contribution in [0.2, 0.25) is 0 Å². The van der Waals surface area contributed by atoms with Gasteiger partial charge in [-0.2, -0.15) is 0 Å². The first-order chi connectivity index (χ1) is 16.3. The van der Waals surface area contributed by atoms with Crippen LogP contribution >= 0.6 is 8.60 Å². The number of hydrogen-bond acceptors (Lipinski definition) is 3. The van der Waals surface area contributed by atoms with E-state index in [9.17, 15) is 4.89 Å². The van der Waals surface area contributed by atoms with Crippen molar-refractivity contribution in [2.24, 2.45) is 0 Å². The molecule has 2 aromatic rings. The van der Waals surface area contributed by atoms with Crippen molar-refractivity contribution in [1.29, 1.82) is 0 Å². The van der Waals surface area contributed by atoms with E-state index in [1.807, 2.05) is 19.1 Å². The minimum atomic E-state index is -1.63. The maximum Gasteiger partial charge on any atom is 0.329 e. The molecule has 0 aromatic heterocycles. The predicted octanol–water partition coefficient (Wildman–Crippen LogP) is 9.70. The zero-order chi connectivity index (χ0) is 23.8. The van der Waals surface area contributed by atoms with Crippen LogP contribution in [0.1, 0.15) is 97.3 Å². The van der Waals surface area contributed by atoms with Gasteiger partial charge in [0.2, 0.25) is 0 Å². The topological polar surface area (TPSA) is 38.7 Å². The van der Waals surface area contributed by atoms with Crippen LogP contribution in [-0.4, -0.2) is 18.1 Å². The molecule has 0 aliphatic heterocycles. The molecule has 1 N–H and O–H groups in total. The van der Waals surface area contributed by atoms with Gasteiger partial charge in [0.15, 0.2) is 0 Å². The Bertz CT molecular complexity index is 598. The van der Waals surface area contributed by atoms with E-state index in [0.29, 0.717) is 13.2 Å². The van der Waals surface area contributed by atoms with E-state index in [2.05, 4.69) is 55.5 Å². The average Bonchev–Trinajstić information content (AvgIpc) is 2.87. The molecule has 1 atom stereocenters. The van der Waals surface area contributed by atoms with Gasteiger partial charge >= 0.3 is 8.60 Å². The Hall–Kier alpha value is -1.25. The lowest BCUT2D eigenvalue weighted by Crippen LogP contribution is -1.94. The van der Waals surface area contributed by atoms with Crippen LogP contribution in [0.5, 0.6) is 0 Å². The van der Waals surface area contributed by atoms with Gasteiger partial charge in [-0.25, -0.2) is 0 Å². The molecule has 0 bridgehead atoms. The van der Waals surface area contributed by atoms with Crippen molar-refractivity contribution in [2.75, 3.05) is 13.2 Å². The molecular formula is C29H47O3P. The van der Waals surface area contributed by atoms with Crippen LogP contribution in [-0.2, 0) is 9.05 Å². The Labute approximate surface area is 204 Å². The fourth-order valence-corrected chi connectivity index (χ4v) is 4.25. The quantitative estimate of drug-likeness (QED) is 0.173. The molecule has 3 nitrogen and oxygen atoms in total. The molecule has 0 spiro atoms. The van der Waals surface area contributed by atoms with Crippen LogP contribution < -0.4 is 0 Å². The molecule has 0 aliphatic carbocycles. The molecule has 0 heterocycles. The van der Waals surface area contributed by atoms with Gasteiger partial charge in [-0.3, -0.25) is 0 Å². The normalized spacial score (nSPS) is 11.6. The zero-order valence-electron chi connectivity index (χ0n) is 21.1. The SMILES string of the molecule is CCCCCCCCCCCCCCOP(O)OCCC.c1ccc(-c2ccccc2)cc1. The van der Waals surface area contributed by atoms with E-state index in [0.717, 1.165) is 12.8 Å². The monoisotopic (exact) mass is 474 g/mol. The van der Waals surface area contributed by atoms with Crippen LogP contribution in [0.3, 0.4) is 0 Å². The maximum absolute atomic E-state index is 9.38. The summed E-state index contributed by atoms with van der Waals surface area (Å²) in [6, 6.07) is 20.8. The van der Waals surface area contributed by atoms with Crippen molar-refractivity contribution in [1.82, 2.24) is 0 Å². The van der Waals surface area contributed by atoms with Crippen molar-refractivity contribution in [3.63, 3.8) is 0 Å². The van der Waals surface area contributed by atoms with Crippen molar-refractivity contribution >= 4 is 8.60 Å². The fraction of sp³-hybridized carbons (Fsp3) is 0.586. The molecular weight excluding hydrogens is 427 g/mol. The second-order valence-electron chi connectivity index (χ2n) is 8.53. The minimum Gasteiger partial charge on any atom is -0.328 e. The second-order valence-corrected chi connectivity index (χ2v) is 9.52. The van der Waals surface area contributed by atoms with E-state index in [-0.39, 0.29) is 0 Å². The van der Waals surface area contributed by atoms with Crippen molar-refractivity contribution in [3.05, 3.63) is 60.7 Å². The lowest BCUT2D eigenvalue weighted by atomic mass is 10.1. The lowest BCUT2D eigenvalue weighted by Gasteiger charge is -2.09. The smallest absolute Gasteiger partial charge is 0.328 e. The van der Waals surface area contributed by atoms with E-state index in [4.69, 9.17) is 9.05 Å². The van der Waals surface area contributed by atoms with Crippen LogP contribution in [0.15, 0.2) is 60.7 Å². The highest BCUT2D eigenvalue weighted by molar-refractivity contribution is 7.40. The Morgan fingerprint density at radius 1 is 0.515 bits per heavy atom. The van der Waals surface area contributed by atoms with Gasteiger partial charge in [0, 0.05) is 0 Å². The Balaban J connectivity index is 0.000000377. The number of rotatable bonds is 18. The van der Waals surface area contributed by atoms with Crippen LogP contribution in [0.25, 0.3) is 11.1 Å². The predicted molar refractivity (Wildman–Crippen MR) is 144 cm³/mol. The second kappa shape index (κ2) is 22.5. The van der Waals surface area contributed by atoms with E-state index in [1.54, 1.807) is 0 Å². The largest absolute Gasteiger partial charge is 0.329 e. The fourth-order valence-electron chi connectivity index (χ4n) is 3.55. The van der Waals surface area contributed by atoms with E-state index in [1.165, 1.54) is 81.8 Å². The van der Waals surface area contributed by atoms with Crippen molar-refractivity contribution in [2.45, 2.75) is 97.3 Å². The first-order valence-corrected chi connectivity index (χ1v) is 14.3. The van der Waals surface area contributed by atoms with E-state index < -0.39 is 8.60 Å². The third kappa shape index (κ3) is 17.8. The highest BCUT2D eigenvalue weighted by Gasteiger charge is 2.04. The van der Waals surface area contributed by atoms with Gasteiger partial charge in [-0.05, 0) is 24.0 Å².